The van der Waals surface area contributed by atoms with Crippen LogP contribution in [0, 0.1) is 0 Å². The van der Waals surface area contributed by atoms with Gasteiger partial charge in [0.2, 0.25) is 0 Å². The number of esters is 1. The highest BCUT2D eigenvalue weighted by Gasteiger charge is 2.23. The van der Waals surface area contributed by atoms with E-state index in [2.05, 4.69) is 4.74 Å². The first-order valence-corrected chi connectivity index (χ1v) is 5.14. The van der Waals surface area contributed by atoms with Crippen molar-refractivity contribution in [3.05, 3.63) is 23.3 Å². The SMILES string of the molecule is COC(=O)c1cc(C(C)C(=O)O)c(O)cc1OC. The van der Waals surface area contributed by atoms with Crippen LogP contribution in [0.15, 0.2) is 12.1 Å². The molecule has 0 aliphatic heterocycles. The topological polar surface area (TPSA) is 93.1 Å². The first-order chi connectivity index (χ1) is 8.42. The predicted molar refractivity (Wildman–Crippen MR) is 62.0 cm³/mol. The van der Waals surface area contributed by atoms with Crippen molar-refractivity contribution in [3.63, 3.8) is 0 Å². The summed E-state index contributed by atoms with van der Waals surface area (Å²) in [6.45, 7) is 1.41. The van der Waals surface area contributed by atoms with Crippen LogP contribution in [0.1, 0.15) is 28.8 Å². The lowest BCUT2D eigenvalue weighted by molar-refractivity contribution is -0.138. The van der Waals surface area contributed by atoms with E-state index in [1.807, 2.05) is 0 Å². The second-order valence-corrected chi connectivity index (χ2v) is 3.66. The molecule has 1 aromatic rings. The Balaban J connectivity index is 3.38. The Morgan fingerprint density at radius 2 is 1.89 bits per heavy atom. The molecule has 2 N–H and O–H groups in total. The standard InChI is InChI=1S/C12H14O6/c1-6(11(14)15)7-4-8(12(16)18-3)10(17-2)5-9(7)13/h4-6,13H,1-3H3,(H,14,15). The Morgan fingerprint density at radius 1 is 1.28 bits per heavy atom. The average Bonchev–Trinajstić information content (AvgIpc) is 2.36. The van der Waals surface area contributed by atoms with Gasteiger partial charge in [-0.1, -0.05) is 0 Å². The van der Waals surface area contributed by atoms with Gasteiger partial charge in [-0.15, -0.1) is 0 Å². The number of phenolic OH excluding ortho intramolecular Hbond substituents is 1. The summed E-state index contributed by atoms with van der Waals surface area (Å²) in [5.74, 6) is -2.83. The van der Waals surface area contributed by atoms with Gasteiger partial charge in [0, 0.05) is 11.6 Å². The first kappa shape index (κ1) is 13.8. The van der Waals surface area contributed by atoms with Crippen LogP contribution in [0.3, 0.4) is 0 Å². The predicted octanol–water partition coefficient (Wildman–Crippen LogP) is 1.38. The van der Waals surface area contributed by atoms with Gasteiger partial charge in [-0.05, 0) is 13.0 Å². The van der Waals surface area contributed by atoms with Crippen LogP contribution >= 0.6 is 0 Å². The molecule has 1 rings (SSSR count). The smallest absolute Gasteiger partial charge is 0.341 e. The molecule has 18 heavy (non-hydrogen) atoms. The van der Waals surface area contributed by atoms with E-state index in [0.717, 1.165) is 0 Å². The number of benzene rings is 1. The van der Waals surface area contributed by atoms with Gasteiger partial charge >= 0.3 is 11.9 Å². The molecule has 98 valence electrons. The molecule has 0 spiro atoms. The van der Waals surface area contributed by atoms with E-state index >= 15 is 0 Å². The summed E-state index contributed by atoms with van der Waals surface area (Å²) in [5.41, 5.74) is 0.199. The fourth-order valence-corrected chi connectivity index (χ4v) is 1.50. The molecule has 0 radical (unpaired) electrons. The summed E-state index contributed by atoms with van der Waals surface area (Å²) in [6, 6.07) is 2.46. The molecule has 0 fully saturated rings. The molecular weight excluding hydrogens is 240 g/mol. The minimum atomic E-state index is -1.11. The maximum atomic E-state index is 11.5. The zero-order chi connectivity index (χ0) is 13.9. The van der Waals surface area contributed by atoms with Crippen molar-refractivity contribution >= 4 is 11.9 Å². The number of phenols is 1. The number of rotatable bonds is 4. The molecule has 0 aliphatic rings. The number of carbonyl (C=O) groups excluding carboxylic acids is 1. The van der Waals surface area contributed by atoms with Gasteiger partial charge in [0.25, 0.3) is 0 Å². The van der Waals surface area contributed by atoms with E-state index in [9.17, 15) is 14.7 Å². The summed E-state index contributed by atoms with van der Waals surface area (Å²) in [6.07, 6.45) is 0. The fourth-order valence-electron chi connectivity index (χ4n) is 1.50. The summed E-state index contributed by atoms with van der Waals surface area (Å²) in [5, 5.41) is 18.6. The Labute approximate surface area is 104 Å². The van der Waals surface area contributed by atoms with Gasteiger partial charge in [0.1, 0.15) is 17.1 Å². The van der Waals surface area contributed by atoms with Gasteiger partial charge in [-0.25, -0.2) is 4.79 Å². The second kappa shape index (κ2) is 5.39. The maximum absolute atomic E-state index is 11.5. The third-order valence-electron chi connectivity index (χ3n) is 2.59. The molecule has 6 heteroatoms. The number of aliphatic carboxylic acids is 1. The van der Waals surface area contributed by atoms with Gasteiger partial charge in [-0.2, -0.15) is 0 Å². The summed E-state index contributed by atoms with van der Waals surface area (Å²) in [7, 11) is 2.54. The molecule has 0 bridgehead atoms. The lowest BCUT2D eigenvalue weighted by Crippen LogP contribution is -2.11. The van der Waals surface area contributed by atoms with E-state index in [4.69, 9.17) is 9.84 Å². The van der Waals surface area contributed by atoms with Crippen LogP contribution in [0.2, 0.25) is 0 Å². The quantitative estimate of drug-likeness (QED) is 0.788. The molecule has 0 amide bonds. The third-order valence-corrected chi connectivity index (χ3v) is 2.59. The van der Waals surface area contributed by atoms with E-state index in [1.54, 1.807) is 0 Å². The molecule has 1 aromatic carbocycles. The maximum Gasteiger partial charge on any atom is 0.341 e. The molecule has 1 atom stereocenters. The number of carbonyl (C=O) groups is 2. The van der Waals surface area contributed by atoms with E-state index in [-0.39, 0.29) is 22.6 Å². The van der Waals surface area contributed by atoms with Crippen molar-refractivity contribution in [3.8, 4) is 11.5 Å². The van der Waals surface area contributed by atoms with Crippen LogP contribution in [-0.2, 0) is 9.53 Å². The third kappa shape index (κ3) is 2.53. The highest BCUT2D eigenvalue weighted by molar-refractivity contribution is 5.93. The Bertz CT molecular complexity index is 480. The number of hydrogen-bond acceptors (Lipinski definition) is 5. The van der Waals surface area contributed by atoms with Crippen LogP contribution in [0.5, 0.6) is 11.5 Å². The second-order valence-electron chi connectivity index (χ2n) is 3.66. The van der Waals surface area contributed by atoms with E-state index in [1.165, 1.54) is 33.3 Å². The lowest BCUT2D eigenvalue weighted by Gasteiger charge is -2.13. The molecule has 0 aliphatic carbocycles. The number of hydrogen-bond donors (Lipinski definition) is 2. The van der Waals surface area contributed by atoms with Gasteiger partial charge in [-0.3, -0.25) is 4.79 Å². The van der Waals surface area contributed by atoms with Gasteiger partial charge in [0.15, 0.2) is 0 Å². The Hall–Kier alpha value is -2.24. The molecule has 1 unspecified atom stereocenters. The zero-order valence-electron chi connectivity index (χ0n) is 10.3. The largest absolute Gasteiger partial charge is 0.508 e. The van der Waals surface area contributed by atoms with Crippen molar-refractivity contribution < 1.29 is 29.3 Å². The normalized spacial score (nSPS) is 11.7. The minimum Gasteiger partial charge on any atom is -0.508 e. The van der Waals surface area contributed by atoms with E-state index < -0.39 is 17.9 Å². The number of carboxylic acid groups (broad SMARTS) is 1. The fraction of sp³-hybridized carbons (Fsp3) is 0.333. The van der Waals surface area contributed by atoms with Crippen LogP contribution < -0.4 is 4.74 Å². The number of methoxy groups -OCH3 is 2. The minimum absolute atomic E-state index is 0.0703. The van der Waals surface area contributed by atoms with Crippen molar-refractivity contribution in [2.45, 2.75) is 12.8 Å². The summed E-state index contributed by atoms with van der Waals surface area (Å²) >= 11 is 0. The Kier molecular flexibility index (Phi) is 4.14. The monoisotopic (exact) mass is 254 g/mol. The lowest BCUT2D eigenvalue weighted by atomic mass is 9.97. The highest BCUT2D eigenvalue weighted by Crippen LogP contribution is 2.33. The van der Waals surface area contributed by atoms with Crippen molar-refractivity contribution in [2.24, 2.45) is 0 Å². The summed E-state index contributed by atoms with van der Waals surface area (Å²) < 4.78 is 9.50. The zero-order valence-corrected chi connectivity index (χ0v) is 10.3. The van der Waals surface area contributed by atoms with Gasteiger partial charge < -0.3 is 19.7 Å². The molecule has 0 aromatic heterocycles. The van der Waals surface area contributed by atoms with Gasteiger partial charge in [0.05, 0.1) is 20.1 Å². The molecule has 0 saturated heterocycles. The summed E-state index contributed by atoms with van der Waals surface area (Å²) in [4.78, 5) is 22.4. The van der Waals surface area contributed by atoms with Crippen molar-refractivity contribution in [1.29, 1.82) is 0 Å². The number of carboxylic acids is 1. The number of aromatic hydroxyl groups is 1. The van der Waals surface area contributed by atoms with Crippen LogP contribution in [0.25, 0.3) is 0 Å². The van der Waals surface area contributed by atoms with Crippen molar-refractivity contribution in [1.82, 2.24) is 0 Å². The molecule has 0 saturated carbocycles. The molecular formula is C12H14O6. The first-order valence-electron chi connectivity index (χ1n) is 5.14. The van der Waals surface area contributed by atoms with Crippen molar-refractivity contribution in [2.75, 3.05) is 14.2 Å². The highest BCUT2D eigenvalue weighted by atomic mass is 16.5. The van der Waals surface area contributed by atoms with E-state index in [0.29, 0.717) is 0 Å². The Morgan fingerprint density at radius 3 is 2.33 bits per heavy atom. The molecule has 0 heterocycles. The van der Waals surface area contributed by atoms with Crippen LogP contribution in [0.4, 0.5) is 0 Å². The van der Waals surface area contributed by atoms with Crippen LogP contribution in [-0.4, -0.2) is 36.4 Å². The number of ether oxygens (including phenoxy) is 2. The molecule has 6 nitrogen and oxygen atoms in total. The average molecular weight is 254 g/mol.